The van der Waals surface area contributed by atoms with Gasteiger partial charge in [0.25, 0.3) is 0 Å². The molecule has 150 valence electrons. The number of hydrogen-bond donors (Lipinski definition) is 4. The highest BCUT2D eigenvalue weighted by Crippen LogP contribution is 2.51. The molecule has 1 aromatic heterocycles. The van der Waals surface area contributed by atoms with Crippen molar-refractivity contribution in [2.45, 2.75) is 28.9 Å². The summed E-state index contributed by atoms with van der Waals surface area (Å²) in [5, 5.41) is 30.5. The molecule has 1 amide bonds. The van der Waals surface area contributed by atoms with E-state index >= 15 is 4.39 Å². The number of halogens is 2. The fourth-order valence-electron chi connectivity index (χ4n) is 3.19. The number of aromatic nitrogens is 2. The Morgan fingerprint density at radius 1 is 1.36 bits per heavy atom. The van der Waals surface area contributed by atoms with Crippen LogP contribution >= 0.6 is 15.9 Å². The summed E-state index contributed by atoms with van der Waals surface area (Å²) in [5.41, 5.74) is -2.50. The number of aliphatic hydroxyl groups excluding tert-OH is 2. The van der Waals surface area contributed by atoms with Crippen LogP contribution in [0.1, 0.15) is 5.56 Å². The Bertz CT molecular complexity index is 925. The van der Waals surface area contributed by atoms with Gasteiger partial charge in [0, 0.05) is 12.6 Å². The summed E-state index contributed by atoms with van der Waals surface area (Å²) in [7, 11) is 0. The molecule has 2 aromatic rings. The van der Waals surface area contributed by atoms with Crippen LogP contribution in [0.15, 0.2) is 47.4 Å². The Kier molecular flexibility index (Phi) is 5.53. The number of hydrogen-bond acceptors (Lipinski definition) is 6. The average Bonchev–Trinajstić information content (AvgIpc) is 2.83. The van der Waals surface area contributed by atoms with Crippen LogP contribution in [-0.4, -0.2) is 54.4 Å². The molecule has 4 atom stereocenters. The van der Waals surface area contributed by atoms with Gasteiger partial charge in [-0.2, -0.15) is 4.98 Å². The molecule has 1 aliphatic heterocycles. The molecule has 28 heavy (non-hydrogen) atoms. The van der Waals surface area contributed by atoms with E-state index in [1.54, 1.807) is 30.3 Å². The first-order chi connectivity index (χ1) is 13.2. The van der Waals surface area contributed by atoms with Gasteiger partial charge in [0.1, 0.15) is 18.0 Å². The second-order valence-electron chi connectivity index (χ2n) is 6.25. The lowest BCUT2D eigenvalue weighted by atomic mass is 9.95. The number of aliphatic hydroxyl groups is 2. The van der Waals surface area contributed by atoms with Gasteiger partial charge in [-0.25, -0.2) is 14.0 Å². The lowest BCUT2D eigenvalue weighted by molar-refractivity contribution is -0.141. The first kappa shape index (κ1) is 20.4. The third kappa shape index (κ3) is 3.41. The lowest BCUT2D eigenvalue weighted by Crippen LogP contribution is -2.55. The topological polar surface area (TPSA) is 134 Å². The average molecular weight is 458 g/mol. The van der Waals surface area contributed by atoms with Gasteiger partial charge in [-0.05, 0) is 27.6 Å². The predicted molar refractivity (Wildman–Crippen MR) is 99.0 cm³/mol. The quantitative estimate of drug-likeness (QED) is 0.492. The molecule has 2 heterocycles. The zero-order valence-electron chi connectivity index (χ0n) is 14.3. The number of carboxylic acid groups (broad SMARTS) is 1. The fraction of sp³-hybridized carbons (Fsp3) is 0.353. The zero-order valence-corrected chi connectivity index (χ0v) is 15.9. The van der Waals surface area contributed by atoms with E-state index in [1.807, 2.05) is 5.32 Å². The van der Waals surface area contributed by atoms with Gasteiger partial charge in [-0.1, -0.05) is 30.3 Å². The summed E-state index contributed by atoms with van der Waals surface area (Å²) >= 11 is 2.85. The maximum Gasteiger partial charge on any atom is 0.410 e. The Balaban J connectivity index is 2.15. The molecule has 0 aliphatic carbocycles. The number of alkyl halides is 2. The third-order valence-corrected chi connectivity index (χ3v) is 5.57. The number of anilines is 1. The van der Waals surface area contributed by atoms with E-state index in [-0.39, 0.29) is 12.2 Å². The van der Waals surface area contributed by atoms with Crippen LogP contribution < -0.4 is 11.0 Å². The van der Waals surface area contributed by atoms with E-state index in [2.05, 4.69) is 20.9 Å². The number of nitrogens with one attached hydrogen (secondary N) is 1. The van der Waals surface area contributed by atoms with Crippen molar-refractivity contribution in [3.63, 3.8) is 0 Å². The molecule has 4 N–H and O–H groups in total. The minimum atomic E-state index is -2.66. The molecule has 11 heteroatoms. The summed E-state index contributed by atoms with van der Waals surface area (Å²) in [6, 6.07) is 9.72. The van der Waals surface area contributed by atoms with Gasteiger partial charge in [0.05, 0.1) is 6.61 Å². The van der Waals surface area contributed by atoms with Gasteiger partial charge >= 0.3 is 11.8 Å². The fourth-order valence-corrected chi connectivity index (χ4v) is 3.91. The summed E-state index contributed by atoms with van der Waals surface area (Å²) in [5.74, 6) is -0.250. The molecule has 0 radical (unpaired) electrons. The van der Waals surface area contributed by atoms with Crippen LogP contribution in [0.4, 0.5) is 15.0 Å². The van der Waals surface area contributed by atoms with Crippen LogP contribution in [-0.2, 0) is 16.9 Å². The molecule has 9 nitrogen and oxygen atoms in total. The van der Waals surface area contributed by atoms with Crippen molar-refractivity contribution in [2.24, 2.45) is 0 Å². The largest absolute Gasteiger partial charge is 0.465 e. The normalized spacial score (nSPS) is 29.6. The molecule has 0 unspecified atom stereocenters. The minimum absolute atomic E-state index is 0.184. The number of carbonyl (C=O) groups is 1. The van der Waals surface area contributed by atoms with Gasteiger partial charge in [-0.3, -0.25) is 9.88 Å². The highest BCUT2D eigenvalue weighted by Gasteiger charge is 2.67. The number of benzene rings is 1. The summed E-state index contributed by atoms with van der Waals surface area (Å²) < 4.78 is 19.6. The predicted octanol–water partition coefficient (Wildman–Crippen LogP) is 1.04. The van der Waals surface area contributed by atoms with E-state index in [0.717, 1.165) is 16.8 Å². The second kappa shape index (κ2) is 7.59. The van der Waals surface area contributed by atoms with E-state index < -0.39 is 40.9 Å². The molecule has 1 aromatic carbocycles. The van der Waals surface area contributed by atoms with Gasteiger partial charge < -0.3 is 20.1 Å². The second-order valence-corrected chi connectivity index (χ2v) is 7.40. The summed E-state index contributed by atoms with van der Waals surface area (Å²) in [6.45, 7) is -0.685. The van der Waals surface area contributed by atoms with Crippen molar-refractivity contribution in [1.82, 2.24) is 9.55 Å². The van der Waals surface area contributed by atoms with Crippen molar-refractivity contribution in [3.8, 4) is 0 Å². The third-order valence-electron chi connectivity index (χ3n) is 4.49. The summed E-state index contributed by atoms with van der Waals surface area (Å²) in [6.07, 6.45) is -3.58. The van der Waals surface area contributed by atoms with Crippen molar-refractivity contribution in [3.05, 3.63) is 58.6 Å². The lowest BCUT2D eigenvalue weighted by Gasteiger charge is -2.37. The number of amides is 1. The smallest absolute Gasteiger partial charge is 0.410 e. The van der Waals surface area contributed by atoms with E-state index in [0.29, 0.717) is 5.56 Å². The van der Waals surface area contributed by atoms with Crippen LogP contribution in [0.3, 0.4) is 0 Å². The minimum Gasteiger partial charge on any atom is -0.465 e. The van der Waals surface area contributed by atoms with Crippen molar-refractivity contribution < 1.29 is 29.2 Å². The molecular formula is C17H17BrFN3O6. The number of nitrogens with zero attached hydrogens (tertiary/aromatic N) is 2. The van der Waals surface area contributed by atoms with Crippen molar-refractivity contribution in [1.29, 1.82) is 0 Å². The van der Waals surface area contributed by atoms with Gasteiger partial charge in [0.2, 0.25) is 4.58 Å². The first-order valence-corrected chi connectivity index (χ1v) is 8.99. The maximum absolute atomic E-state index is 15.8. The summed E-state index contributed by atoms with van der Waals surface area (Å²) in [4.78, 5) is 26.9. The standard InChI is InChI=1S/C17H17BrFN3O6/c18-17(19)13(24)11(9-23)28-16(17,8-10-4-2-1-3-5-10)22-7-6-12(20-14(22)25)21-15(26)27/h1-7,11,13,23-24H,8-9H2,(H,26,27)(H,20,21,25)/t11-,13-,16-,17+/m1/s1. The highest BCUT2D eigenvalue weighted by molar-refractivity contribution is 9.10. The molecule has 0 bridgehead atoms. The molecule has 1 fully saturated rings. The Hall–Kier alpha value is -2.34. The Morgan fingerprint density at radius 2 is 2.04 bits per heavy atom. The molecular weight excluding hydrogens is 441 g/mol. The molecule has 0 saturated carbocycles. The SMILES string of the molecule is O=C(O)Nc1ccn([C@]2(Cc3ccccc3)O[C@H](CO)[C@@H](O)[C@@]2(F)Br)c(=O)n1. The van der Waals surface area contributed by atoms with E-state index in [9.17, 15) is 19.8 Å². The van der Waals surface area contributed by atoms with E-state index in [4.69, 9.17) is 9.84 Å². The molecule has 0 spiro atoms. The van der Waals surface area contributed by atoms with Crippen LogP contribution in [0.5, 0.6) is 0 Å². The van der Waals surface area contributed by atoms with Crippen LogP contribution in [0, 0.1) is 0 Å². The van der Waals surface area contributed by atoms with E-state index in [1.165, 1.54) is 0 Å². The Labute approximate surface area is 166 Å². The van der Waals surface area contributed by atoms with Crippen LogP contribution in [0.2, 0.25) is 0 Å². The monoisotopic (exact) mass is 457 g/mol. The molecule has 3 rings (SSSR count). The van der Waals surface area contributed by atoms with Crippen LogP contribution in [0.25, 0.3) is 0 Å². The van der Waals surface area contributed by atoms with Gasteiger partial charge in [0.15, 0.2) is 5.72 Å². The Morgan fingerprint density at radius 3 is 2.57 bits per heavy atom. The van der Waals surface area contributed by atoms with Crippen molar-refractivity contribution >= 4 is 27.8 Å². The van der Waals surface area contributed by atoms with Crippen molar-refractivity contribution in [2.75, 3.05) is 11.9 Å². The van der Waals surface area contributed by atoms with Gasteiger partial charge in [-0.15, -0.1) is 0 Å². The number of ether oxygens (including phenoxy) is 1. The molecule has 1 aliphatic rings. The highest BCUT2D eigenvalue weighted by atomic mass is 79.9. The maximum atomic E-state index is 15.8. The first-order valence-electron chi connectivity index (χ1n) is 8.20. The molecule has 1 saturated heterocycles. The number of rotatable bonds is 5. The zero-order chi connectivity index (χ0) is 20.5.